The van der Waals surface area contributed by atoms with Crippen LogP contribution in [0.4, 0.5) is 0 Å². The van der Waals surface area contributed by atoms with E-state index in [1.807, 2.05) is 0 Å². The van der Waals surface area contributed by atoms with Gasteiger partial charge in [-0.1, -0.05) is 0 Å². The molecule has 0 heterocycles. The molecule has 0 aromatic heterocycles. The lowest BCUT2D eigenvalue weighted by Crippen LogP contribution is -2.11. The largest absolute Gasteiger partial charge is 0.508 e. The fraction of sp³-hybridized carbons (Fsp3) is 0.176. The highest BCUT2D eigenvalue weighted by molar-refractivity contribution is 5.75. The van der Waals surface area contributed by atoms with E-state index in [1.165, 1.54) is 24.3 Å². The van der Waals surface area contributed by atoms with Crippen LogP contribution < -0.4 is 9.47 Å². The van der Waals surface area contributed by atoms with Crippen LogP contribution in [0.1, 0.15) is 19.3 Å². The predicted octanol–water partition coefficient (Wildman–Crippen LogP) is 2.19. The van der Waals surface area contributed by atoms with Crippen LogP contribution in [0.2, 0.25) is 0 Å². The van der Waals surface area contributed by atoms with E-state index in [2.05, 4.69) is 0 Å². The fourth-order valence-corrected chi connectivity index (χ4v) is 2.00. The third-order valence-electron chi connectivity index (χ3n) is 2.98. The number of hydrogen-bond acceptors (Lipinski definition) is 8. The lowest BCUT2D eigenvalue weighted by molar-refractivity contribution is -0.136. The molecule has 0 spiro atoms. The highest BCUT2D eigenvalue weighted by atomic mass is 16.5. The minimum absolute atomic E-state index is 0.0136. The van der Waals surface area contributed by atoms with Gasteiger partial charge in [0.05, 0.1) is 0 Å². The van der Waals surface area contributed by atoms with Crippen molar-refractivity contribution in [3.05, 3.63) is 36.4 Å². The third-order valence-corrected chi connectivity index (χ3v) is 2.98. The van der Waals surface area contributed by atoms with Gasteiger partial charge in [0.15, 0.2) is 0 Å². The van der Waals surface area contributed by atoms with Gasteiger partial charge in [0.1, 0.15) is 34.5 Å². The lowest BCUT2D eigenvalue weighted by Gasteiger charge is -2.06. The van der Waals surface area contributed by atoms with E-state index in [0.29, 0.717) is 0 Å². The van der Waals surface area contributed by atoms with Gasteiger partial charge in [-0.2, -0.15) is 0 Å². The van der Waals surface area contributed by atoms with Crippen molar-refractivity contribution in [1.82, 2.24) is 0 Å². The smallest absolute Gasteiger partial charge is 0.311 e. The van der Waals surface area contributed by atoms with Gasteiger partial charge in [-0.05, 0) is 6.42 Å². The maximum Gasteiger partial charge on any atom is 0.311 e. The van der Waals surface area contributed by atoms with Crippen molar-refractivity contribution in [2.75, 3.05) is 0 Å². The summed E-state index contributed by atoms with van der Waals surface area (Å²) in [5.41, 5.74) is 0. The summed E-state index contributed by atoms with van der Waals surface area (Å²) in [6.07, 6.45) is -0.0269. The molecule has 0 amide bonds. The van der Waals surface area contributed by atoms with Gasteiger partial charge in [0.2, 0.25) is 0 Å². The Kier molecular flexibility index (Phi) is 5.67. The first kappa shape index (κ1) is 17.9. The molecule has 132 valence electrons. The summed E-state index contributed by atoms with van der Waals surface area (Å²) in [6, 6.07) is 6.85. The number of aromatic hydroxyl groups is 4. The molecular weight excluding hydrogens is 332 g/mol. The molecule has 0 unspecified atom stereocenters. The van der Waals surface area contributed by atoms with Crippen LogP contribution in [0.25, 0.3) is 0 Å². The maximum absolute atomic E-state index is 11.7. The van der Waals surface area contributed by atoms with Gasteiger partial charge in [-0.25, -0.2) is 0 Å². The number of hydrogen-bond donors (Lipinski definition) is 4. The summed E-state index contributed by atoms with van der Waals surface area (Å²) in [6.45, 7) is 0. The van der Waals surface area contributed by atoms with E-state index in [4.69, 9.17) is 9.47 Å². The minimum Gasteiger partial charge on any atom is -0.508 e. The normalized spacial score (nSPS) is 10.2. The number of rotatable bonds is 6. The van der Waals surface area contributed by atoms with Crippen LogP contribution in [0.3, 0.4) is 0 Å². The molecule has 2 rings (SSSR count). The molecule has 8 nitrogen and oxygen atoms in total. The van der Waals surface area contributed by atoms with Crippen molar-refractivity contribution in [3.63, 3.8) is 0 Å². The SMILES string of the molecule is O=C(CCCC(=O)Oc1cc(O)cc(O)c1)Oc1cc(O)cc(O)c1. The predicted molar refractivity (Wildman–Crippen MR) is 84.7 cm³/mol. The molecule has 0 aliphatic heterocycles. The highest BCUT2D eigenvalue weighted by Gasteiger charge is 2.11. The van der Waals surface area contributed by atoms with E-state index in [-0.39, 0.29) is 53.8 Å². The summed E-state index contributed by atoms with van der Waals surface area (Å²) in [5.74, 6) is -2.32. The Morgan fingerprint density at radius 3 is 1.28 bits per heavy atom. The van der Waals surface area contributed by atoms with Crippen molar-refractivity contribution < 1.29 is 39.5 Å². The second kappa shape index (κ2) is 7.91. The molecule has 0 fully saturated rings. The van der Waals surface area contributed by atoms with Crippen molar-refractivity contribution >= 4 is 11.9 Å². The van der Waals surface area contributed by atoms with Crippen LogP contribution in [-0.2, 0) is 9.59 Å². The summed E-state index contributed by atoms with van der Waals surface area (Å²) in [7, 11) is 0. The van der Waals surface area contributed by atoms with Crippen LogP contribution in [0, 0.1) is 0 Å². The van der Waals surface area contributed by atoms with Crippen LogP contribution in [0.5, 0.6) is 34.5 Å². The molecule has 2 aromatic carbocycles. The van der Waals surface area contributed by atoms with Gasteiger partial charge in [0, 0.05) is 49.2 Å². The standard InChI is InChI=1S/C17H16O8/c18-10-4-11(19)7-14(6-10)24-16(22)2-1-3-17(23)25-15-8-12(20)5-13(21)9-15/h4-9,18-21H,1-3H2. The van der Waals surface area contributed by atoms with Crippen molar-refractivity contribution in [3.8, 4) is 34.5 Å². The summed E-state index contributed by atoms with van der Waals surface area (Å²) in [4.78, 5) is 23.3. The zero-order chi connectivity index (χ0) is 18.4. The van der Waals surface area contributed by atoms with E-state index < -0.39 is 11.9 Å². The Morgan fingerprint density at radius 2 is 0.960 bits per heavy atom. The maximum atomic E-state index is 11.7. The Balaban J connectivity index is 1.77. The highest BCUT2D eigenvalue weighted by Crippen LogP contribution is 2.27. The molecule has 8 heteroatoms. The Labute approximate surface area is 142 Å². The number of phenolic OH excluding ortho intramolecular Hbond substituents is 4. The molecule has 0 bridgehead atoms. The summed E-state index contributed by atoms with van der Waals surface area (Å²) >= 11 is 0. The van der Waals surface area contributed by atoms with Crippen LogP contribution in [0.15, 0.2) is 36.4 Å². The zero-order valence-corrected chi connectivity index (χ0v) is 13.0. The lowest BCUT2D eigenvalue weighted by atomic mass is 10.2. The van der Waals surface area contributed by atoms with Crippen molar-refractivity contribution in [2.24, 2.45) is 0 Å². The first-order valence-electron chi connectivity index (χ1n) is 7.29. The van der Waals surface area contributed by atoms with Crippen molar-refractivity contribution in [2.45, 2.75) is 19.3 Å². The molecule has 0 aliphatic rings. The molecule has 0 aliphatic carbocycles. The molecule has 4 N–H and O–H groups in total. The first-order valence-corrected chi connectivity index (χ1v) is 7.29. The second-order valence-corrected chi connectivity index (χ2v) is 5.17. The molecule has 0 radical (unpaired) electrons. The van der Waals surface area contributed by atoms with Gasteiger partial charge < -0.3 is 29.9 Å². The number of ether oxygens (including phenoxy) is 2. The number of carbonyl (C=O) groups excluding carboxylic acids is 2. The zero-order valence-electron chi connectivity index (χ0n) is 13.0. The van der Waals surface area contributed by atoms with Gasteiger partial charge in [-0.15, -0.1) is 0 Å². The van der Waals surface area contributed by atoms with E-state index >= 15 is 0 Å². The summed E-state index contributed by atoms with van der Waals surface area (Å²) < 4.78 is 9.86. The van der Waals surface area contributed by atoms with Gasteiger partial charge >= 0.3 is 11.9 Å². The molecule has 0 atom stereocenters. The van der Waals surface area contributed by atoms with Crippen LogP contribution in [-0.4, -0.2) is 32.4 Å². The molecule has 2 aromatic rings. The Bertz CT molecular complexity index is 678. The average molecular weight is 348 g/mol. The number of benzene rings is 2. The van der Waals surface area contributed by atoms with E-state index in [1.54, 1.807) is 0 Å². The first-order chi connectivity index (χ1) is 11.8. The van der Waals surface area contributed by atoms with Gasteiger partial charge in [-0.3, -0.25) is 9.59 Å². The average Bonchev–Trinajstić information content (AvgIpc) is 2.44. The van der Waals surface area contributed by atoms with Crippen LogP contribution >= 0.6 is 0 Å². The van der Waals surface area contributed by atoms with Crippen molar-refractivity contribution in [1.29, 1.82) is 0 Å². The fourth-order valence-electron chi connectivity index (χ4n) is 2.00. The van der Waals surface area contributed by atoms with E-state index in [9.17, 15) is 30.0 Å². The molecular formula is C17H16O8. The molecule has 0 saturated heterocycles. The topological polar surface area (TPSA) is 134 Å². The van der Waals surface area contributed by atoms with Gasteiger partial charge in [0.25, 0.3) is 0 Å². The Hall–Kier alpha value is -3.42. The second-order valence-electron chi connectivity index (χ2n) is 5.17. The molecule has 25 heavy (non-hydrogen) atoms. The van der Waals surface area contributed by atoms with E-state index in [0.717, 1.165) is 12.1 Å². The quantitative estimate of drug-likeness (QED) is 0.461. The molecule has 0 saturated carbocycles. The Morgan fingerprint density at radius 1 is 0.640 bits per heavy atom. The monoisotopic (exact) mass is 348 g/mol. The number of phenols is 4. The number of carbonyl (C=O) groups is 2. The summed E-state index contributed by atoms with van der Waals surface area (Å²) in [5, 5.41) is 37.1. The third kappa shape index (κ3) is 5.94. The number of esters is 2. The minimum atomic E-state index is -0.646.